The van der Waals surface area contributed by atoms with Gasteiger partial charge in [-0.15, -0.1) is 0 Å². The summed E-state index contributed by atoms with van der Waals surface area (Å²) in [7, 11) is 0. The summed E-state index contributed by atoms with van der Waals surface area (Å²) in [4.78, 5) is 23.6. The summed E-state index contributed by atoms with van der Waals surface area (Å²) < 4.78 is 5.43. The highest BCUT2D eigenvalue weighted by atomic mass is 16.5. The van der Waals surface area contributed by atoms with Crippen LogP contribution in [0.4, 0.5) is 10.5 Å². The molecule has 2 aromatic rings. The minimum atomic E-state index is -0.824. The van der Waals surface area contributed by atoms with Crippen molar-refractivity contribution in [2.75, 3.05) is 5.32 Å². The highest BCUT2D eigenvalue weighted by Gasteiger charge is 2.15. The predicted molar refractivity (Wildman–Crippen MR) is 88.0 cm³/mol. The molecule has 7 nitrogen and oxygen atoms in total. The minimum Gasteiger partial charge on any atom is -0.481 e. The molecule has 7 heteroatoms. The first kappa shape index (κ1) is 16.8. The fourth-order valence-corrected chi connectivity index (χ4v) is 1.77. The van der Waals surface area contributed by atoms with Crippen LogP contribution in [-0.2, 0) is 4.79 Å². The zero-order valence-corrected chi connectivity index (χ0v) is 12.9. The van der Waals surface area contributed by atoms with Crippen molar-refractivity contribution < 1.29 is 14.3 Å². The molecule has 0 bridgehead atoms. The third-order valence-corrected chi connectivity index (χ3v) is 3.00. The average Bonchev–Trinajstić information content (AvgIpc) is 2.61. The third-order valence-electron chi connectivity index (χ3n) is 3.00. The first-order chi connectivity index (χ1) is 11.6. The van der Waals surface area contributed by atoms with E-state index in [-0.39, 0.29) is 0 Å². The standard InChI is InChI=1S/C17H16N4O3/c1-12(24-15-9-7-13(11-18)8-10-15)16(22)20-21-17(23)19-14-5-3-2-4-6-14/h2-10,12H,1H3,(H,20,22)(H2,19,21,23)/t12-/m1/s1. The van der Waals surface area contributed by atoms with Crippen molar-refractivity contribution in [3.63, 3.8) is 0 Å². The molecule has 0 aliphatic rings. The second-order valence-corrected chi connectivity index (χ2v) is 4.83. The van der Waals surface area contributed by atoms with E-state index in [0.29, 0.717) is 17.0 Å². The number of nitrogens with zero attached hydrogens (tertiary/aromatic N) is 1. The molecule has 0 aliphatic carbocycles. The van der Waals surface area contributed by atoms with Gasteiger partial charge in [-0.05, 0) is 43.3 Å². The number of hydrogen-bond donors (Lipinski definition) is 3. The Hall–Kier alpha value is -3.53. The summed E-state index contributed by atoms with van der Waals surface area (Å²) >= 11 is 0. The van der Waals surface area contributed by atoms with Crippen LogP contribution in [0.25, 0.3) is 0 Å². The van der Waals surface area contributed by atoms with Crippen LogP contribution in [0.1, 0.15) is 12.5 Å². The van der Waals surface area contributed by atoms with Crippen molar-refractivity contribution in [1.82, 2.24) is 10.9 Å². The lowest BCUT2D eigenvalue weighted by atomic mass is 10.2. The molecule has 0 unspecified atom stereocenters. The number of urea groups is 1. The van der Waals surface area contributed by atoms with E-state index in [1.807, 2.05) is 12.1 Å². The summed E-state index contributed by atoms with van der Waals surface area (Å²) in [5, 5.41) is 11.3. The summed E-state index contributed by atoms with van der Waals surface area (Å²) in [5.41, 5.74) is 5.61. The number of carbonyl (C=O) groups is 2. The monoisotopic (exact) mass is 324 g/mol. The van der Waals surface area contributed by atoms with E-state index in [4.69, 9.17) is 10.00 Å². The van der Waals surface area contributed by atoms with Crippen molar-refractivity contribution >= 4 is 17.6 Å². The first-order valence-electron chi connectivity index (χ1n) is 7.17. The third kappa shape index (κ3) is 5.03. The van der Waals surface area contributed by atoms with Crippen LogP contribution in [0.15, 0.2) is 54.6 Å². The van der Waals surface area contributed by atoms with Gasteiger partial charge in [0.05, 0.1) is 11.6 Å². The Morgan fingerprint density at radius 2 is 1.71 bits per heavy atom. The predicted octanol–water partition coefficient (Wildman–Crippen LogP) is 2.18. The number of anilines is 1. The Bertz CT molecular complexity index is 739. The maximum absolute atomic E-state index is 11.9. The van der Waals surface area contributed by atoms with Crippen molar-refractivity contribution in [2.24, 2.45) is 0 Å². The highest BCUT2D eigenvalue weighted by molar-refractivity contribution is 5.91. The van der Waals surface area contributed by atoms with Crippen LogP contribution in [-0.4, -0.2) is 18.0 Å². The molecule has 0 aromatic heterocycles. The molecule has 0 fully saturated rings. The molecule has 1 atom stereocenters. The quantitative estimate of drug-likeness (QED) is 0.750. The molecule has 0 heterocycles. The lowest BCUT2D eigenvalue weighted by Gasteiger charge is -2.15. The number of benzene rings is 2. The minimum absolute atomic E-state index is 0.449. The molecule has 24 heavy (non-hydrogen) atoms. The lowest BCUT2D eigenvalue weighted by molar-refractivity contribution is -0.127. The number of nitriles is 1. The number of amides is 3. The summed E-state index contributed by atoms with van der Waals surface area (Å²) in [6.07, 6.45) is -0.824. The topological polar surface area (TPSA) is 103 Å². The number of hydrazine groups is 1. The van der Waals surface area contributed by atoms with E-state index in [9.17, 15) is 9.59 Å². The van der Waals surface area contributed by atoms with Crippen LogP contribution in [0.2, 0.25) is 0 Å². The molecule has 0 radical (unpaired) electrons. The van der Waals surface area contributed by atoms with Crippen LogP contribution in [0.3, 0.4) is 0 Å². The van der Waals surface area contributed by atoms with E-state index in [1.165, 1.54) is 0 Å². The average molecular weight is 324 g/mol. The fraction of sp³-hybridized carbons (Fsp3) is 0.118. The highest BCUT2D eigenvalue weighted by Crippen LogP contribution is 2.13. The lowest BCUT2D eigenvalue weighted by Crippen LogP contribution is -2.48. The van der Waals surface area contributed by atoms with E-state index < -0.39 is 18.0 Å². The Kier molecular flexibility index (Phi) is 5.75. The number of hydrogen-bond acceptors (Lipinski definition) is 4. The second-order valence-electron chi connectivity index (χ2n) is 4.83. The van der Waals surface area contributed by atoms with Gasteiger partial charge in [0.25, 0.3) is 5.91 Å². The Morgan fingerprint density at radius 1 is 1.04 bits per heavy atom. The zero-order valence-electron chi connectivity index (χ0n) is 12.9. The Labute approximate surface area is 139 Å². The second kappa shape index (κ2) is 8.19. The van der Waals surface area contributed by atoms with Gasteiger partial charge < -0.3 is 10.1 Å². The summed E-state index contributed by atoms with van der Waals surface area (Å²) in [6.45, 7) is 1.55. The largest absolute Gasteiger partial charge is 0.481 e. The van der Waals surface area contributed by atoms with Crippen LogP contribution >= 0.6 is 0 Å². The van der Waals surface area contributed by atoms with Crippen molar-refractivity contribution in [2.45, 2.75) is 13.0 Å². The van der Waals surface area contributed by atoms with Crippen LogP contribution in [0, 0.1) is 11.3 Å². The van der Waals surface area contributed by atoms with Gasteiger partial charge in [-0.3, -0.25) is 10.2 Å². The molecule has 0 saturated carbocycles. The molecule has 0 spiro atoms. The van der Waals surface area contributed by atoms with Crippen molar-refractivity contribution in [3.05, 3.63) is 60.2 Å². The van der Waals surface area contributed by atoms with Gasteiger partial charge >= 0.3 is 6.03 Å². The smallest absolute Gasteiger partial charge is 0.337 e. The number of carbonyl (C=O) groups excluding carboxylic acids is 2. The van der Waals surface area contributed by atoms with Gasteiger partial charge in [-0.1, -0.05) is 18.2 Å². The molecule has 3 amide bonds. The zero-order chi connectivity index (χ0) is 17.4. The van der Waals surface area contributed by atoms with E-state index in [0.717, 1.165) is 0 Å². The molecule has 0 aliphatic heterocycles. The van der Waals surface area contributed by atoms with E-state index >= 15 is 0 Å². The van der Waals surface area contributed by atoms with Crippen molar-refractivity contribution in [1.29, 1.82) is 5.26 Å². The fourth-order valence-electron chi connectivity index (χ4n) is 1.77. The Morgan fingerprint density at radius 3 is 2.33 bits per heavy atom. The maximum atomic E-state index is 11.9. The maximum Gasteiger partial charge on any atom is 0.337 e. The van der Waals surface area contributed by atoms with Gasteiger partial charge in [0, 0.05) is 5.69 Å². The molecule has 2 rings (SSSR count). The van der Waals surface area contributed by atoms with Crippen LogP contribution in [0.5, 0.6) is 5.75 Å². The Balaban J connectivity index is 1.78. The molecular formula is C17H16N4O3. The summed E-state index contributed by atoms with van der Waals surface area (Å²) in [5.74, 6) is -0.0621. The number of para-hydroxylation sites is 1. The molecular weight excluding hydrogens is 308 g/mol. The SMILES string of the molecule is C[C@@H](Oc1ccc(C#N)cc1)C(=O)NNC(=O)Nc1ccccc1. The normalized spacial score (nSPS) is 10.8. The molecule has 0 saturated heterocycles. The van der Waals surface area contributed by atoms with Gasteiger partial charge in [-0.25, -0.2) is 10.2 Å². The van der Waals surface area contributed by atoms with Gasteiger partial charge in [-0.2, -0.15) is 5.26 Å². The van der Waals surface area contributed by atoms with Gasteiger partial charge in [0.15, 0.2) is 6.10 Å². The molecule has 3 N–H and O–H groups in total. The number of nitrogens with one attached hydrogen (secondary N) is 3. The van der Waals surface area contributed by atoms with Crippen LogP contribution < -0.4 is 20.9 Å². The van der Waals surface area contributed by atoms with E-state index in [1.54, 1.807) is 55.5 Å². The van der Waals surface area contributed by atoms with E-state index in [2.05, 4.69) is 16.2 Å². The number of ether oxygens (including phenoxy) is 1. The first-order valence-corrected chi connectivity index (χ1v) is 7.17. The van der Waals surface area contributed by atoms with Crippen molar-refractivity contribution in [3.8, 4) is 11.8 Å². The van der Waals surface area contributed by atoms with Gasteiger partial charge in [0.1, 0.15) is 5.75 Å². The number of rotatable bonds is 4. The summed E-state index contributed by atoms with van der Waals surface area (Å²) in [6, 6.07) is 16.6. The van der Waals surface area contributed by atoms with Gasteiger partial charge in [0.2, 0.25) is 0 Å². The molecule has 122 valence electrons. The molecule has 2 aromatic carbocycles.